The zero-order chi connectivity index (χ0) is 26.0. The molecule has 3 atom stereocenters. The molecule has 3 aliphatic heterocycles. The molecule has 184 valence electrons. The van der Waals surface area contributed by atoms with Crippen molar-refractivity contribution in [3.8, 4) is 17.2 Å². The Labute approximate surface area is 218 Å². The second-order valence-electron chi connectivity index (χ2n) is 9.82. The van der Waals surface area contributed by atoms with Crippen LogP contribution >= 0.6 is 0 Å². The molecule has 2 bridgehead atoms. The minimum absolute atomic E-state index is 0.138. The normalized spacial score (nSPS) is 21.8. The predicted octanol–water partition coefficient (Wildman–Crippen LogP) is 4.21. The Hall–Kier alpha value is -5.03. The van der Waals surface area contributed by atoms with Crippen LogP contribution in [0.15, 0.2) is 85.1 Å². The molecule has 0 aliphatic carbocycles. The molecule has 3 saturated heterocycles. The highest BCUT2D eigenvalue weighted by molar-refractivity contribution is 6.25. The van der Waals surface area contributed by atoms with Gasteiger partial charge in [-0.15, -0.1) is 0 Å². The zero-order valence-corrected chi connectivity index (χ0v) is 20.2. The predicted molar refractivity (Wildman–Crippen MR) is 140 cm³/mol. The quantitative estimate of drug-likeness (QED) is 0.394. The SMILES string of the molecule is N#Cc1ncc(N2C(=O)[C@@H]3C4C[C@H](CN4C(=O)c4ccc(-c5ccccc5)cc4)N3C2=O)c2ccccc12. The first-order chi connectivity index (χ1) is 18.6. The number of benzene rings is 3. The van der Waals surface area contributed by atoms with Gasteiger partial charge in [0.1, 0.15) is 17.8 Å². The molecule has 8 heteroatoms. The smallest absolute Gasteiger partial charge is 0.331 e. The largest absolute Gasteiger partial charge is 0.332 e. The molecular weight excluding hydrogens is 478 g/mol. The topological polar surface area (TPSA) is 97.6 Å². The van der Waals surface area contributed by atoms with Crippen LogP contribution in [0, 0.1) is 11.3 Å². The number of nitriles is 1. The number of amides is 4. The first-order valence-corrected chi connectivity index (χ1v) is 12.5. The molecule has 0 radical (unpaired) electrons. The summed E-state index contributed by atoms with van der Waals surface area (Å²) in [6.45, 7) is 0.389. The summed E-state index contributed by atoms with van der Waals surface area (Å²) in [5, 5.41) is 10.6. The Balaban J connectivity index is 1.18. The van der Waals surface area contributed by atoms with Crippen LogP contribution in [0.25, 0.3) is 21.9 Å². The second-order valence-corrected chi connectivity index (χ2v) is 9.82. The van der Waals surface area contributed by atoms with Gasteiger partial charge in [-0.1, -0.05) is 66.7 Å². The van der Waals surface area contributed by atoms with Crippen LogP contribution in [0.2, 0.25) is 0 Å². The van der Waals surface area contributed by atoms with Gasteiger partial charge in [0.15, 0.2) is 0 Å². The van der Waals surface area contributed by atoms with Crippen molar-refractivity contribution in [3.63, 3.8) is 0 Å². The Morgan fingerprint density at radius 2 is 1.58 bits per heavy atom. The number of hydrogen-bond donors (Lipinski definition) is 0. The number of rotatable bonds is 3. The van der Waals surface area contributed by atoms with Crippen molar-refractivity contribution in [2.45, 2.75) is 24.5 Å². The van der Waals surface area contributed by atoms with Gasteiger partial charge in [-0.2, -0.15) is 5.26 Å². The number of carbonyl (C=O) groups excluding carboxylic acids is 3. The molecular formula is C30H21N5O3. The van der Waals surface area contributed by atoms with Gasteiger partial charge in [-0.3, -0.25) is 9.59 Å². The van der Waals surface area contributed by atoms with Crippen LogP contribution in [-0.4, -0.2) is 57.3 Å². The summed E-state index contributed by atoms with van der Waals surface area (Å²) < 4.78 is 0. The molecule has 3 aliphatic rings. The van der Waals surface area contributed by atoms with E-state index in [0.717, 1.165) is 11.1 Å². The highest BCUT2D eigenvalue weighted by Crippen LogP contribution is 2.44. The summed E-state index contributed by atoms with van der Waals surface area (Å²) in [4.78, 5) is 49.5. The third-order valence-corrected chi connectivity index (χ3v) is 7.89. The maximum Gasteiger partial charge on any atom is 0.332 e. The molecule has 4 aromatic rings. The van der Waals surface area contributed by atoms with Crippen molar-refractivity contribution >= 4 is 34.3 Å². The molecule has 0 spiro atoms. The van der Waals surface area contributed by atoms with Crippen LogP contribution < -0.4 is 4.90 Å². The number of carbonyl (C=O) groups is 3. The van der Waals surface area contributed by atoms with E-state index in [4.69, 9.17) is 0 Å². The van der Waals surface area contributed by atoms with Crippen LogP contribution in [0.5, 0.6) is 0 Å². The minimum Gasteiger partial charge on any atom is -0.331 e. The van der Waals surface area contributed by atoms with E-state index in [2.05, 4.69) is 11.1 Å². The molecule has 1 aromatic heterocycles. The van der Waals surface area contributed by atoms with Crippen molar-refractivity contribution < 1.29 is 14.4 Å². The fourth-order valence-corrected chi connectivity index (χ4v) is 6.16. The molecule has 1 unspecified atom stereocenters. The number of aromatic nitrogens is 1. The van der Waals surface area contributed by atoms with Gasteiger partial charge in [-0.05, 0) is 29.7 Å². The van der Waals surface area contributed by atoms with Crippen LogP contribution in [0.1, 0.15) is 22.5 Å². The second kappa shape index (κ2) is 8.25. The molecule has 3 fully saturated rings. The van der Waals surface area contributed by atoms with Gasteiger partial charge in [0.2, 0.25) is 0 Å². The van der Waals surface area contributed by atoms with Gasteiger partial charge in [0.05, 0.1) is 24.0 Å². The van der Waals surface area contributed by atoms with Crippen molar-refractivity contribution in [1.82, 2.24) is 14.8 Å². The van der Waals surface area contributed by atoms with Crippen molar-refractivity contribution in [2.24, 2.45) is 0 Å². The minimum atomic E-state index is -0.733. The standard InChI is InChI=1S/C30H21N5O3/c31-15-24-22-8-4-5-9-23(22)26(16-32-24)35-29(37)27-25-14-21(34(27)30(35)38)17-33(25)28(36)20-12-10-19(11-13-20)18-6-2-1-3-7-18/h1-13,16,21,25,27H,14,17H2/t21-,25?,27+/m1/s1. The summed E-state index contributed by atoms with van der Waals surface area (Å²) in [6, 6.07) is 24.9. The highest BCUT2D eigenvalue weighted by atomic mass is 16.2. The van der Waals surface area contributed by atoms with Gasteiger partial charge < -0.3 is 9.80 Å². The third-order valence-electron chi connectivity index (χ3n) is 7.89. The molecule has 0 N–H and O–H groups in total. The maximum atomic E-state index is 13.7. The lowest BCUT2D eigenvalue weighted by Crippen LogP contribution is -2.54. The number of piperazine rings is 1. The van der Waals surface area contributed by atoms with E-state index in [1.54, 1.807) is 34.1 Å². The lowest BCUT2D eigenvalue weighted by molar-refractivity contribution is -0.121. The average Bonchev–Trinajstić information content (AvgIpc) is 3.64. The van der Waals surface area contributed by atoms with Gasteiger partial charge in [0.25, 0.3) is 11.8 Å². The maximum absolute atomic E-state index is 13.7. The summed E-state index contributed by atoms with van der Waals surface area (Å²) >= 11 is 0. The molecule has 38 heavy (non-hydrogen) atoms. The number of pyridine rings is 1. The molecule has 8 nitrogen and oxygen atoms in total. The Bertz CT molecular complexity index is 1680. The molecule has 3 aromatic carbocycles. The first kappa shape index (κ1) is 22.2. The van der Waals surface area contributed by atoms with Crippen molar-refractivity contribution in [2.75, 3.05) is 11.4 Å². The fraction of sp³-hybridized carbons (Fsp3) is 0.167. The van der Waals surface area contributed by atoms with E-state index in [1.807, 2.05) is 54.6 Å². The van der Waals surface area contributed by atoms with E-state index in [0.29, 0.717) is 35.0 Å². The highest BCUT2D eigenvalue weighted by Gasteiger charge is 2.63. The number of urea groups is 1. The van der Waals surface area contributed by atoms with Crippen molar-refractivity contribution in [3.05, 3.63) is 96.3 Å². The van der Waals surface area contributed by atoms with E-state index in [1.165, 1.54) is 11.1 Å². The fourth-order valence-electron chi connectivity index (χ4n) is 6.16. The Kier molecular flexibility index (Phi) is 4.82. The van der Waals surface area contributed by atoms with Crippen LogP contribution in [-0.2, 0) is 4.79 Å². The number of likely N-dealkylation sites (tertiary alicyclic amines) is 1. The number of fused-ring (bicyclic) bond motifs is 6. The lowest BCUT2D eigenvalue weighted by Gasteiger charge is -2.35. The first-order valence-electron chi connectivity index (χ1n) is 12.5. The molecule has 0 saturated carbocycles. The van der Waals surface area contributed by atoms with E-state index in [9.17, 15) is 19.6 Å². The number of anilines is 1. The van der Waals surface area contributed by atoms with Gasteiger partial charge in [-0.25, -0.2) is 14.7 Å². The van der Waals surface area contributed by atoms with Crippen LogP contribution in [0.4, 0.5) is 10.5 Å². The summed E-state index contributed by atoms with van der Waals surface area (Å²) in [7, 11) is 0. The molecule has 4 heterocycles. The van der Waals surface area contributed by atoms with E-state index in [-0.39, 0.29) is 29.6 Å². The van der Waals surface area contributed by atoms with Crippen molar-refractivity contribution in [1.29, 1.82) is 5.26 Å². The average molecular weight is 500 g/mol. The van der Waals surface area contributed by atoms with E-state index >= 15 is 0 Å². The Morgan fingerprint density at radius 3 is 2.32 bits per heavy atom. The summed E-state index contributed by atoms with van der Waals surface area (Å²) in [5.41, 5.74) is 3.24. The summed E-state index contributed by atoms with van der Waals surface area (Å²) in [5.74, 6) is -0.503. The summed E-state index contributed by atoms with van der Waals surface area (Å²) in [6.07, 6.45) is 1.99. The molecule has 4 amide bonds. The zero-order valence-electron chi connectivity index (χ0n) is 20.2. The van der Waals surface area contributed by atoms with Gasteiger partial charge >= 0.3 is 6.03 Å². The lowest BCUT2D eigenvalue weighted by atomic mass is 10.0. The number of imide groups is 1. The van der Waals surface area contributed by atoms with Crippen LogP contribution in [0.3, 0.4) is 0 Å². The number of hydrogen-bond acceptors (Lipinski definition) is 5. The Morgan fingerprint density at radius 1 is 0.895 bits per heavy atom. The third kappa shape index (κ3) is 3.08. The molecule has 7 rings (SSSR count). The van der Waals surface area contributed by atoms with Gasteiger partial charge in [0, 0.05) is 22.9 Å². The number of nitrogens with zero attached hydrogens (tertiary/aromatic N) is 5. The van der Waals surface area contributed by atoms with E-state index < -0.39 is 12.1 Å². The monoisotopic (exact) mass is 499 g/mol.